The maximum absolute atomic E-state index is 11.1. The van der Waals surface area contributed by atoms with Crippen LogP contribution in [0.25, 0.3) is 6.08 Å². The van der Waals surface area contributed by atoms with Crippen LogP contribution in [-0.2, 0) is 9.53 Å². The fraction of sp³-hybridized carbons (Fsp3) is 0.250. The highest BCUT2D eigenvalue weighted by atomic mass is 16.6. The topological polar surface area (TPSA) is 81.5 Å². The molecule has 1 N–H and O–H groups in total. The van der Waals surface area contributed by atoms with E-state index >= 15 is 0 Å². The van der Waals surface area contributed by atoms with Crippen LogP contribution >= 0.6 is 0 Å². The Morgan fingerprint density at radius 3 is 2.83 bits per heavy atom. The molecule has 0 spiro atoms. The van der Waals surface area contributed by atoms with Crippen LogP contribution in [0.15, 0.2) is 24.3 Å². The highest BCUT2D eigenvalue weighted by Gasteiger charge is 2.12. The Labute approximate surface area is 104 Å². The number of nitro benzene ring substituents is 1. The van der Waals surface area contributed by atoms with Crippen LogP contribution in [0, 0.1) is 10.1 Å². The van der Waals surface area contributed by atoms with Gasteiger partial charge in [-0.25, -0.2) is 4.79 Å². The van der Waals surface area contributed by atoms with Gasteiger partial charge in [0.05, 0.1) is 11.5 Å². The minimum absolute atomic E-state index is 0.0384. The van der Waals surface area contributed by atoms with Crippen molar-refractivity contribution < 1.29 is 14.5 Å². The zero-order valence-electron chi connectivity index (χ0n) is 10.2. The molecule has 0 unspecified atom stereocenters. The van der Waals surface area contributed by atoms with Crippen molar-refractivity contribution >= 4 is 23.4 Å². The van der Waals surface area contributed by atoms with Crippen LogP contribution in [0.1, 0.15) is 12.5 Å². The van der Waals surface area contributed by atoms with Gasteiger partial charge in [-0.2, -0.15) is 0 Å². The van der Waals surface area contributed by atoms with Crippen molar-refractivity contribution in [1.82, 2.24) is 0 Å². The SMILES string of the molecule is CCOC(=O)C=Cc1ccc(NC)c([N+](=O)[O-])c1. The average molecular weight is 250 g/mol. The molecule has 6 heteroatoms. The number of rotatable bonds is 5. The van der Waals surface area contributed by atoms with Gasteiger partial charge in [0.15, 0.2) is 0 Å². The molecule has 1 rings (SSSR count). The molecule has 0 saturated heterocycles. The van der Waals surface area contributed by atoms with Gasteiger partial charge in [0.1, 0.15) is 5.69 Å². The number of esters is 1. The molecule has 0 atom stereocenters. The Morgan fingerprint density at radius 2 is 2.28 bits per heavy atom. The highest BCUT2D eigenvalue weighted by Crippen LogP contribution is 2.25. The van der Waals surface area contributed by atoms with E-state index in [1.165, 1.54) is 18.2 Å². The molecule has 0 aliphatic rings. The van der Waals surface area contributed by atoms with E-state index in [4.69, 9.17) is 4.74 Å². The molecule has 1 aromatic carbocycles. The zero-order valence-corrected chi connectivity index (χ0v) is 10.2. The minimum Gasteiger partial charge on any atom is -0.463 e. The van der Waals surface area contributed by atoms with E-state index in [1.807, 2.05) is 0 Å². The van der Waals surface area contributed by atoms with Gasteiger partial charge in [0.25, 0.3) is 5.69 Å². The smallest absolute Gasteiger partial charge is 0.330 e. The van der Waals surface area contributed by atoms with Crippen molar-refractivity contribution in [3.8, 4) is 0 Å². The maximum atomic E-state index is 11.1. The number of carbonyl (C=O) groups excluding carboxylic acids is 1. The van der Waals surface area contributed by atoms with Crippen LogP contribution in [-0.4, -0.2) is 24.5 Å². The standard InChI is InChI=1S/C12H14N2O4/c1-3-18-12(15)7-5-9-4-6-10(13-2)11(8-9)14(16)17/h4-8,13H,3H2,1-2H3. The number of anilines is 1. The summed E-state index contributed by atoms with van der Waals surface area (Å²) >= 11 is 0. The largest absolute Gasteiger partial charge is 0.463 e. The second kappa shape index (κ2) is 6.39. The van der Waals surface area contributed by atoms with Crippen LogP contribution in [0.5, 0.6) is 0 Å². The summed E-state index contributed by atoms with van der Waals surface area (Å²) in [6, 6.07) is 4.65. The Kier molecular flexibility index (Phi) is 4.86. The molecular formula is C12H14N2O4. The van der Waals surface area contributed by atoms with Crippen molar-refractivity contribution in [2.45, 2.75) is 6.92 Å². The molecule has 0 aliphatic carbocycles. The van der Waals surface area contributed by atoms with E-state index in [2.05, 4.69) is 5.32 Å². The normalized spacial score (nSPS) is 10.3. The quantitative estimate of drug-likeness (QED) is 0.375. The van der Waals surface area contributed by atoms with E-state index in [9.17, 15) is 14.9 Å². The third kappa shape index (κ3) is 3.58. The first-order valence-corrected chi connectivity index (χ1v) is 5.39. The van der Waals surface area contributed by atoms with Gasteiger partial charge >= 0.3 is 5.97 Å². The molecule has 1 aromatic rings. The second-order valence-corrected chi connectivity index (χ2v) is 3.37. The Morgan fingerprint density at radius 1 is 1.56 bits per heavy atom. The van der Waals surface area contributed by atoms with Crippen LogP contribution in [0.3, 0.4) is 0 Å². The Balaban J connectivity index is 2.95. The van der Waals surface area contributed by atoms with Crippen molar-refractivity contribution in [3.63, 3.8) is 0 Å². The van der Waals surface area contributed by atoms with E-state index in [0.717, 1.165) is 0 Å². The van der Waals surface area contributed by atoms with Gasteiger partial charge in [-0.1, -0.05) is 6.07 Å². The molecule has 0 aliphatic heterocycles. The summed E-state index contributed by atoms with van der Waals surface area (Å²) in [7, 11) is 1.61. The third-order valence-corrected chi connectivity index (χ3v) is 2.19. The fourth-order valence-corrected chi connectivity index (χ4v) is 1.37. The molecule has 0 bridgehead atoms. The maximum Gasteiger partial charge on any atom is 0.330 e. The number of hydrogen-bond donors (Lipinski definition) is 1. The van der Waals surface area contributed by atoms with Gasteiger partial charge in [-0.3, -0.25) is 10.1 Å². The van der Waals surface area contributed by atoms with E-state index < -0.39 is 10.9 Å². The van der Waals surface area contributed by atoms with Crippen molar-refractivity contribution in [3.05, 3.63) is 40.0 Å². The lowest BCUT2D eigenvalue weighted by atomic mass is 10.1. The first-order chi connectivity index (χ1) is 8.58. The number of hydrogen-bond acceptors (Lipinski definition) is 5. The predicted octanol–water partition coefficient (Wildman–Crippen LogP) is 2.21. The number of ether oxygens (including phenoxy) is 1. The van der Waals surface area contributed by atoms with Crippen molar-refractivity contribution in [2.24, 2.45) is 0 Å². The lowest BCUT2D eigenvalue weighted by Crippen LogP contribution is -1.99. The molecule has 0 fully saturated rings. The summed E-state index contributed by atoms with van der Waals surface area (Å²) in [5.41, 5.74) is 0.950. The van der Waals surface area contributed by atoms with Gasteiger partial charge in [0, 0.05) is 19.2 Å². The summed E-state index contributed by atoms with van der Waals surface area (Å²) in [6.07, 6.45) is 2.71. The molecule has 0 amide bonds. The summed E-state index contributed by atoms with van der Waals surface area (Å²) in [6.45, 7) is 2.00. The van der Waals surface area contributed by atoms with Gasteiger partial charge in [-0.15, -0.1) is 0 Å². The lowest BCUT2D eigenvalue weighted by molar-refractivity contribution is -0.384. The first kappa shape index (κ1) is 13.7. The molecular weight excluding hydrogens is 236 g/mol. The minimum atomic E-state index is -0.479. The van der Waals surface area contributed by atoms with E-state index in [1.54, 1.807) is 26.1 Å². The first-order valence-electron chi connectivity index (χ1n) is 5.39. The molecule has 96 valence electrons. The predicted molar refractivity (Wildman–Crippen MR) is 68.3 cm³/mol. The van der Waals surface area contributed by atoms with Crippen LogP contribution in [0.2, 0.25) is 0 Å². The molecule has 0 radical (unpaired) electrons. The monoisotopic (exact) mass is 250 g/mol. The molecule has 18 heavy (non-hydrogen) atoms. The number of benzene rings is 1. The Bertz CT molecular complexity index is 483. The van der Waals surface area contributed by atoms with Gasteiger partial charge < -0.3 is 10.1 Å². The number of nitrogens with one attached hydrogen (secondary N) is 1. The molecule has 0 aromatic heterocycles. The summed E-state index contributed by atoms with van der Waals surface area (Å²) < 4.78 is 4.71. The summed E-state index contributed by atoms with van der Waals surface area (Å²) in [5, 5.41) is 13.6. The fourth-order valence-electron chi connectivity index (χ4n) is 1.37. The number of nitro groups is 1. The number of carbonyl (C=O) groups is 1. The molecule has 0 heterocycles. The number of nitrogens with zero attached hydrogens (tertiary/aromatic N) is 1. The summed E-state index contributed by atoms with van der Waals surface area (Å²) in [4.78, 5) is 21.4. The van der Waals surface area contributed by atoms with E-state index in [-0.39, 0.29) is 5.69 Å². The van der Waals surface area contributed by atoms with Gasteiger partial charge in [-0.05, 0) is 24.6 Å². The summed E-state index contributed by atoms with van der Waals surface area (Å²) in [5.74, 6) is -0.474. The second-order valence-electron chi connectivity index (χ2n) is 3.37. The van der Waals surface area contributed by atoms with Crippen LogP contribution < -0.4 is 5.32 Å². The molecule has 6 nitrogen and oxygen atoms in total. The third-order valence-electron chi connectivity index (χ3n) is 2.19. The zero-order chi connectivity index (χ0) is 13.5. The highest BCUT2D eigenvalue weighted by molar-refractivity contribution is 5.87. The van der Waals surface area contributed by atoms with Crippen molar-refractivity contribution in [1.29, 1.82) is 0 Å². The van der Waals surface area contributed by atoms with Crippen molar-refractivity contribution in [2.75, 3.05) is 19.0 Å². The molecule has 0 saturated carbocycles. The lowest BCUT2D eigenvalue weighted by Gasteiger charge is -2.02. The van der Waals surface area contributed by atoms with E-state index in [0.29, 0.717) is 17.9 Å². The Hall–Kier alpha value is -2.37. The average Bonchev–Trinajstić information content (AvgIpc) is 2.36. The van der Waals surface area contributed by atoms with Gasteiger partial charge in [0.2, 0.25) is 0 Å². The van der Waals surface area contributed by atoms with Crippen LogP contribution in [0.4, 0.5) is 11.4 Å².